The highest BCUT2D eigenvalue weighted by Crippen LogP contribution is 2.25. The van der Waals surface area contributed by atoms with Crippen molar-refractivity contribution in [1.82, 2.24) is 14.9 Å². The van der Waals surface area contributed by atoms with Crippen LogP contribution in [0.15, 0.2) is 24.3 Å². The molecule has 1 aromatic heterocycles. The summed E-state index contributed by atoms with van der Waals surface area (Å²) in [5.74, 6) is 0.587. The van der Waals surface area contributed by atoms with Gasteiger partial charge in [0.05, 0.1) is 0 Å². The maximum Gasteiger partial charge on any atom is 0.274 e. The number of aryl methyl sites for hydroxylation is 1. The summed E-state index contributed by atoms with van der Waals surface area (Å²) >= 11 is 6.04. The Balaban J connectivity index is 1.87. The highest BCUT2D eigenvalue weighted by molar-refractivity contribution is 6.30. The molecule has 0 bridgehead atoms. The summed E-state index contributed by atoms with van der Waals surface area (Å²) in [7, 11) is 0. The van der Waals surface area contributed by atoms with Crippen LogP contribution in [0.25, 0.3) is 11.4 Å². The summed E-state index contributed by atoms with van der Waals surface area (Å²) in [6.07, 6.45) is 3.66. The predicted octanol–water partition coefficient (Wildman–Crippen LogP) is 3.42. The molecule has 1 aliphatic heterocycles. The van der Waals surface area contributed by atoms with Gasteiger partial charge in [-0.15, -0.1) is 0 Å². The summed E-state index contributed by atoms with van der Waals surface area (Å²) < 4.78 is 0. The van der Waals surface area contributed by atoms with E-state index in [9.17, 15) is 9.90 Å². The Bertz CT molecular complexity index is 727. The molecule has 2 heterocycles. The minimum atomic E-state index is -0.0600. The van der Waals surface area contributed by atoms with Crippen LogP contribution in [0.3, 0.4) is 0 Å². The van der Waals surface area contributed by atoms with Gasteiger partial charge in [0.1, 0.15) is 11.5 Å². The number of halogens is 1. The zero-order valence-electron chi connectivity index (χ0n) is 13.8. The largest absolute Gasteiger partial charge is 0.396 e. The van der Waals surface area contributed by atoms with Gasteiger partial charge < -0.3 is 15.0 Å². The molecular weight excluding hydrogens is 326 g/mol. The average Bonchev–Trinajstić information content (AvgIpc) is 2.97. The first-order valence-corrected chi connectivity index (χ1v) is 8.72. The molecule has 3 rings (SSSR count). The molecule has 0 aliphatic carbocycles. The second-order valence-corrected chi connectivity index (χ2v) is 6.67. The van der Waals surface area contributed by atoms with Crippen molar-refractivity contribution in [3.8, 4) is 11.4 Å². The summed E-state index contributed by atoms with van der Waals surface area (Å²) in [5, 5.41) is 9.88. The molecule has 1 aliphatic rings. The van der Waals surface area contributed by atoms with Crippen LogP contribution < -0.4 is 0 Å². The third-order valence-corrected chi connectivity index (χ3v) is 4.77. The summed E-state index contributed by atoms with van der Waals surface area (Å²) in [6.45, 7) is 2.68. The lowest BCUT2D eigenvalue weighted by Crippen LogP contribution is -2.44. The van der Waals surface area contributed by atoms with Crippen LogP contribution in [0.4, 0.5) is 0 Å². The van der Waals surface area contributed by atoms with Crippen LogP contribution in [-0.4, -0.2) is 45.1 Å². The number of aromatic nitrogens is 2. The smallest absolute Gasteiger partial charge is 0.274 e. The Labute approximate surface area is 146 Å². The predicted molar refractivity (Wildman–Crippen MR) is 94.1 cm³/mol. The number of aromatic amines is 1. The minimum Gasteiger partial charge on any atom is -0.396 e. The molecule has 0 radical (unpaired) electrons. The number of rotatable bonds is 4. The number of amides is 1. The van der Waals surface area contributed by atoms with Crippen molar-refractivity contribution in [2.24, 2.45) is 0 Å². The average molecular weight is 348 g/mol. The van der Waals surface area contributed by atoms with Crippen LogP contribution in [0.1, 0.15) is 41.9 Å². The summed E-state index contributed by atoms with van der Waals surface area (Å²) in [5.41, 5.74) is 2.06. The standard InChI is InChI=1S/C18H22ClN3O2/c1-12-16(18(24)22-9-3-2-7-15(22)8-10-23)21-17(20-12)13-5-4-6-14(19)11-13/h4-6,11,15,23H,2-3,7-10H2,1H3,(H,20,21). The molecular formula is C18H22ClN3O2. The van der Waals surface area contributed by atoms with E-state index in [1.807, 2.05) is 30.0 Å². The zero-order valence-corrected chi connectivity index (χ0v) is 14.5. The topological polar surface area (TPSA) is 69.2 Å². The lowest BCUT2D eigenvalue weighted by Gasteiger charge is -2.35. The van der Waals surface area contributed by atoms with E-state index in [2.05, 4.69) is 9.97 Å². The van der Waals surface area contributed by atoms with E-state index >= 15 is 0 Å². The van der Waals surface area contributed by atoms with Crippen molar-refractivity contribution >= 4 is 17.5 Å². The van der Waals surface area contributed by atoms with Gasteiger partial charge in [0.15, 0.2) is 0 Å². The van der Waals surface area contributed by atoms with Gasteiger partial charge in [0.25, 0.3) is 5.91 Å². The maximum atomic E-state index is 13.0. The van der Waals surface area contributed by atoms with Crippen LogP contribution in [0.5, 0.6) is 0 Å². The van der Waals surface area contributed by atoms with Gasteiger partial charge in [-0.3, -0.25) is 4.79 Å². The van der Waals surface area contributed by atoms with Crippen molar-refractivity contribution in [3.05, 3.63) is 40.7 Å². The number of carbonyl (C=O) groups is 1. The third kappa shape index (κ3) is 3.47. The number of nitrogens with one attached hydrogen (secondary N) is 1. The molecule has 2 N–H and O–H groups in total. The van der Waals surface area contributed by atoms with Crippen molar-refractivity contribution in [1.29, 1.82) is 0 Å². The highest BCUT2D eigenvalue weighted by Gasteiger charge is 2.29. The van der Waals surface area contributed by atoms with E-state index in [0.29, 0.717) is 23.0 Å². The number of hydrogen-bond acceptors (Lipinski definition) is 3. The fourth-order valence-electron chi connectivity index (χ4n) is 3.29. The SMILES string of the molecule is Cc1[nH]c(-c2cccc(Cl)c2)nc1C(=O)N1CCCCC1CCO. The Morgan fingerprint density at radius 3 is 3.04 bits per heavy atom. The van der Waals surface area contributed by atoms with Crippen LogP contribution in [-0.2, 0) is 0 Å². The monoisotopic (exact) mass is 347 g/mol. The molecule has 1 saturated heterocycles. The van der Waals surface area contributed by atoms with Crippen LogP contribution in [0.2, 0.25) is 5.02 Å². The summed E-state index contributed by atoms with van der Waals surface area (Å²) in [6, 6.07) is 7.50. The van der Waals surface area contributed by atoms with Crippen molar-refractivity contribution in [2.45, 2.75) is 38.6 Å². The van der Waals surface area contributed by atoms with Crippen molar-refractivity contribution < 1.29 is 9.90 Å². The Kier molecular flexibility index (Phi) is 5.21. The van der Waals surface area contributed by atoms with Crippen LogP contribution in [0, 0.1) is 6.92 Å². The third-order valence-electron chi connectivity index (χ3n) is 4.54. The number of nitrogens with zero attached hydrogens (tertiary/aromatic N) is 2. The van der Waals surface area contributed by atoms with Gasteiger partial charge in [0, 0.05) is 35.5 Å². The van der Waals surface area contributed by atoms with E-state index in [-0.39, 0.29) is 18.6 Å². The zero-order chi connectivity index (χ0) is 17.1. The maximum absolute atomic E-state index is 13.0. The first-order valence-electron chi connectivity index (χ1n) is 8.34. The van der Waals surface area contributed by atoms with Crippen molar-refractivity contribution in [2.75, 3.05) is 13.2 Å². The van der Waals surface area contributed by atoms with Gasteiger partial charge in [-0.1, -0.05) is 23.7 Å². The number of imidazole rings is 1. The van der Waals surface area contributed by atoms with Crippen molar-refractivity contribution in [3.63, 3.8) is 0 Å². The lowest BCUT2D eigenvalue weighted by molar-refractivity contribution is 0.0568. The molecule has 128 valence electrons. The van der Waals surface area contributed by atoms with Gasteiger partial charge in [-0.25, -0.2) is 4.98 Å². The molecule has 1 fully saturated rings. The Hall–Kier alpha value is -1.85. The number of hydrogen-bond donors (Lipinski definition) is 2. The molecule has 1 atom stereocenters. The summed E-state index contributed by atoms with van der Waals surface area (Å²) in [4.78, 5) is 22.5. The highest BCUT2D eigenvalue weighted by atomic mass is 35.5. The van der Waals surface area contributed by atoms with Gasteiger partial charge >= 0.3 is 0 Å². The number of carbonyl (C=O) groups excluding carboxylic acids is 1. The van der Waals surface area contributed by atoms with Gasteiger partial charge in [-0.05, 0) is 44.7 Å². The van der Waals surface area contributed by atoms with E-state index in [4.69, 9.17) is 11.6 Å². The Morgan fingerprint density at radius 1 is 1.46 bits per heavy atom. The number of piperidine rings is 1. The number of aliphatic hydroxyl groups is 1. The molecule has 5 nitrogen and oxygen atoms in total. The van der Waals surface area contributed by atoms with Gasteiger partial charge in [0.2, 0.25) is 0 Å². The number of H-pyrrole nitrogens is 1. The van der Waals surface area contributed by atoms with E-state index in [0.717, 1.165) is 37.1 Å². The normalized spacial score (nSPS) is 18.0. The molecule has 0 spiro atoms. The van der Waals surface area contributed by atoms with E-state index in [1.165, 1.54) is 0 Å². The number of likely N-dealkylation sites (tertiary alicyclic amines) is 1. The van der Waals surface area contributed by atoms with Crippen LogP contribution >= 0.6 is 11.6 Å². The molecule has 1 aromatic carbocycles. The Morgan fingerprint density at radius 2 is 2.29 bits per heavy atom. The molecule has 1 amide bonds. The fourth-order valence-corrected chi connectivity index (χ4v) is 3.48. The number of benzene rings is 1. The second kappa shape index (κ2) is 7.36. The molecule has 1 unspecified atom stereocenters. The first-order chi connectivity index (χ1) is 11.6. The second-order valence-electron chi connectivity index (χ2n) is 6.23. The fraction of sp³-hybridized carbons (Fsp3) is 0.444. The van der Waals surface area contributed by atoms with Gasteiger partial charge in [-0.2, -0.15) is 0 Å². The molecule has 24 heavy (non-hydrogen) atoms. The van der Waals surface area contributed by atoms with E-state index < -0.39 is 0 Å². The minimum absolute atomic E-state index is 0.0600. The number of aliphatic hydroxyl groups excluding tert-OH is 1. The quantitative estimate of drug-likeness (QED) is 0.890. The van der Waals surface area contributed by atoms with E-state index in [1.54, 1.807) is 6.07 Å². The first kappa shape index (κ1) is 17.0. The molecule has 6 heteroatoms. The lowest BCUT2D eigenvalue weighted by atomic mass is 9.99. The molecule has 0 saturated carbocycles. The molecule has 2 aromatic rings.